The molecule has 0 aliphatic heterocycles. The molecule has 11 rings (SSSR count). The van der Waals surface area contributed by atoms with E-state index in [1.165, 1.54) is 41.7 Å². The van der Waals surface area contributed by atoms with Gasteiger partial charge in [-0.15, -0.1) is 11.3 Å². The number of rotatable bonds is 3. The second kappa shape index (κ2) is 10.7. The zero-order chi connectivity index (χ0) is 33.6. The summed E-state index contributed by atoms with van der Waals surface area (Å²) in [4.78, 5) is 20.4. The lowest BCUT2D eigenvalue weighted by molar-refractivity contribution is 1.05. The molecule has 238 valence electrons. The van der Waals surface area contributed by atoms with Crippen LogP contribution in [0.15, 0.2) is 169 Å². The van der Waals surface area contributed by atoms with Crippen molar-refractivity contribution in [1.29, 1.82) is 0 Å². The van der Waals surface area contributed by atoms with Crippen molar-refractivity contribution in [2.45, 2.75) is 0 Å². The smallest absolute Gasteiger partial charge is 0.265 e. The topological polar surface area (TPSA) is 39.8 Å². The summed E-state index contributed by atoms with van der Waals surface area (Å²) >= 11 is 1.84. The Morgan fingerprint density at radius 2 is 1.04 bits per heavy atom. The van der Waals surface area contributed by atoms with Gasteiger partial charge in [0.1, 0.15) is 5.82 Å². The van der Waals surface area contributed by atoms with Gasteiger partial charge in [0.05, 0.1) is 32.3 Å². The Morgan fingerprint density at radius 1 is 0.471 bits per heavy atom. The summed E-state index contributed by atoms with van der Waals surface area (Å²) in [5.41, 5.74) is 5.38. The molecule has 0 saturated carbocycles. The van der Waals surface area contributed by atoms with Crippen LogP contribution >= 0.6 is 11.3 Å². The molecule has 0 aliphatic rings. The highest BCUT2D eigenvalue weighted by Gasteiger charge is 2.24. The summed E-state index contributed by atoms with van der Waals surface area (Å²) in [5.74, 6) is 0.781. The lowest BCUT2D eigenvalue weighted by Gasteiger charge is -2.17. The number of thiophene rings is 1. The van der Waals surface area contributed by atoms with E-state index in [4.69, 9.17) is 4.98 Å². The molecule has 7 aromatic carbocycles. The lowest BCUT2D eigenvalue weighted by atomic mass is 9.99. The van der Waals surface area contributed by atoms with Crippen LogP contribution in [0.4, 0.5) is 0 Å². The normalized spacial score (nSPS) is 12.0. The fraction of sp³-hybridized carbons (Fsp3) is 0. The number of hydrogen-bond acceptors (Lipinski definition) is 3. The molecule has 0 spiro atoms. The molecule has 0 amide bonds. The second-order valence-electron chi connectivity index (χ2n) is 13.0. The van der Waals surface area contributed by atoms with Crippen LogP contribution in [0.1, 0.15) is 0 Å². The van der Waals surface area contributed by atoms with Crippen molar-refractivity contribution in [2.75, 3.05) is 0 Å². The summed E-state index contributed by atoms with van der Waals surface area (Å²) < 4.78 is 6.66. The van der Waals surface area contributed by atoms with Gasteiger partial charge >= 0.3 is 0 Å². The molecule has 4 aromatic heterocycles. The first-order valence-electron chi connectivity index (χ1n) is 17.1. The predicted octanol–water partition coefficient (Wildman–Crippen LogP) is 11.8. The largest absolute Gasteiger partial charge is 0.292 e. The number of pyridine rings is 2. The van der Waals surface area contributed by atoms with E-state index in [0.717, 1.165) is 44.4 Å². The molecule has 0 unspecified atom stereocenters. The highest BCUT2D eigenvalue weighted by atomic mass is 32.1. The third-order valence-electron chi connectivity index (χ3n) is 10.3. The lowest BCUT2D eigenvalue weighted by Crippen LogP contribution is -2.20. The third-order valence-corrected chi connectivity index (χ3v) is 11.5. The molecule has 11 aromatic rings. The van der Waals surface area contributed by atoms with E-state index in [9.17, 15) is 4.79 Å². The van der Waals surface area contributed by atoms with Crippen molar-refractivity contribution >= 4 is 85.8 Å². The van der Waals surface area contributed by atoms with Crippen molar-refractivity contribution in [2.24, 2.45) is 0 Å². The third kappa shape index (κ3) is 3.95. The van der Waals surface area contributed by atoms with Crippen LogP contribution in [-0.2, 0) is 0 Å². The quantitative estimate of drug-likeness (QED) is 0.176. The maximum Gasteiger partial charge on any atom is 0.265 e. The van der Waals surface area contributed by atoms with Gasteiger partial charge in [0.15, 0.2) is 0 Å². The van der Waals surface area contributed by atoms with Gasteiger partial charge in [-0.05, 0) is 47.2 Å². The first-order valence-corrected chi connectivity index (χ1v) is 17.9. The van der Waals surface area contributed by atoms with Crippen molar-refractivity contribution < 1.29 is 0 Å². The van der Waals surface area contributed by atoms with Gasteiger partial charge in [-0.25, -0.2) is 4.98 Å². The fourth-order valence-corrected chi connectivity index (χ4v) is 9.45. The Balaban J connectivity index is 1.38. The second-order valence-corrected chi connectivity index (χ2v) is 14.1. The molecule has 5 heteroatoms. The fourth-order valence-electron chi connectivity index (χ4n) is 8.20. The molecule has 0 atom stereocenters. The minimum Gasteiger partial charge on any atom is -0.292 e. The number of benzene rings is 7. The van der Waals surface area contributed by atoms with E-state index in [1.807, 2.05) is 76.6 Å². The van der Waals surface area contributed by atoms with Gasteiger partial charge in [0.25, 0.3) is 5.56 Å². The Labute approximate surface area is 295 Å². The van der Waals surface area contributed by atoms with E-state index in [1.54, 1.807) is 0 Å². The SMILES string of the molecule is O=c1c2c(-c3ccccc3)nc(-n3c4ccccc4c4c5ccccc5c5c6ccccc6sc5c43)cc2c2ccccc2n1-c1ccccc1. The van der Waals surface area contributed by atoms with Gasteiger partial charge in [-0.2, -0.15) is 0 Å². The maximum absolute atomic E-state index is 14.9. The Kier molecular flexibility index (Phi) is 5.95. The van der Waals surface area contributed by atoms with Crippen molar-refractivity contribution in [3.8, 4) is 22.8 Å². The standard InChI is InChI=1S/C46H27N3OS/c50-46-42-35(30-19-9-12-24-36(30)48(46)29-17-5-2-6-18-29)27-39(47-43(42)28-15-3-1-4-16-28)49-37-25-13-10-22-33(37)40-31-20-7-8-21-32(31)41-34-23-11-14-26-38(34)51-45(41)44(40)49/h1-27H. The van der Waals surface area contributed by atoms with E-state index in [0.29, 0.717) is 11.1 Å². The zero-order valence-electron chi connectivity index (χ0n) is 27.2. The Hall–Kier alpha value is -6.56. The van der Waals surface area contributed by atoms with E-state index in [2.05, 4.69) is 108 Å². The molecular formula is C46H27N3OS. The minimum absolute atomic E-state index is 0.0899. The summed E-state index contributed by atoms with van der Waals surface area (Å²) in [7, 11) is 0. The summed E-state index contributed by atoms with van der Waals surface area (Å²) in [5, 5.41) is 9.87. The van der Waals surface area contributed by atoms with Gasteiger partial charge in [0.2, 0.25) is 0 Å². The zero-order valence-corrected chi connectivity index (χ0v) is 28.1. The van der Waals surface area contributed by atoms with Crippen LogP contribution < -0.4 is 5.56 Å². The summed E-state index contributed by atoms with van der Waals surface area (Å²) in [6.07, 6.45) is 0. The van der Waals surface area contributed by atoms with Gasteiger partial charge < -0.3 is 0 Å². The van der Waals surface area contributed by atoms with E-state index in [-0.39, 0.29) is 5.56 Å². The van der Waals surface area contributed by atoms with E-state index < -0.39 is 0 Å². The van der Waals surface area contributed by atoms with Crippen molar-refractivity contribution in [3.05, 3.63) is 174 Å². The maximum atomic E-state index is 14.9. The Bertz CT molecular complexity index is 3270. The first kappa shape index (κ1) is 28.3. The Morgan fingerprint density at radius 3 is 1.78 bits per heavy atom. The van der Waals surface area contributed by atoms with Gasteiger partial charge in [-0.1, -0.05) is 127 Å². The van der Waals surface area contributed by atoms with Crippen LogP contribution in [0.25, 0.3) is 97.2 Å². The van der Waals surface area contributed by atoms with Crippen LogP contribution in [0.3, 0.4) is 0 Å². The number of nitrogens with zero attached hydrogens (tertiary/aromatic N) is 3. The van der Waals surface area contributed by atoms with Crippen LogP contribution in [0.5, 0.6) is 0 Å². The number of fused-ring (bicyclic) bond motifs is 13. The number of para-hydroxylation sites is 3. The molecule has 4 heterocycles. The van der Waals surface area contributed by atoms with Crippen LogP contribution in [0, 0.1) is 0 Å². The summed E-state index contributed by atoms with van der Waals surface area (Å²) in [6, 6.07) is 56.6. The van der Waals surface area contributed by atoms with Crippen molar-refractivity contribution in [3.63, 3.8) is 0 Å². The molecule has 0 bridgehead atoms. The average Bonchev–Trinajstić information content (AvgIpc) is 3.76. The molecule has 4 nitrogen and oxygen atoms in total. The van der Waals surface area contributed by atoms with Crippen LogP contribution in [-0.4, -0.2) is 14.1 Å². The molecule has 0 N–H and O–H groups in total. The first-order chi connectivity index (χ1) is 25.3. The molecule has 51 heavy (non-hydrogen) atoms. The molecule has 0 fully saturated rings. The molecule has 0 aliphatic carbocycles. The highest BCUT2D eigenvalue weighted by molar-refractivity contribution is 7.27. The number of hydrogen-bond donors (Lipinski definition) is 0. The average molecular weight is 670 g/mol. The summed E-state index contributed by atoms with van der Waals surface area (Å²) in [6.45, 7) is 0. The number of aromatic nitrogens is 3. The van der Waals surface area contributed by atoms with E-state index >= 15 is 0 Å². The predicted molar refractivity (Wildman–Crippen MR) is 215 cm³/mol. The minimum atomic E-state index is -0.0899. The van der Waals surface area contributed by atoms with Crippen molar-refractivity contribution in [1.82, 2.24) is 14.1 Å². The molecule has 0 radical (unpaired) electrons. The molecular weight excluding hydrogens is 643 g/mol. The van der Waals surface area contributed by atoms with Gasteiger partial charge in [0, 0.05) is 48.3 Å². The molecule has 0 saturated heterocycles. The van der Waals surface area contributed by atoms with Gasteiger partial charge in [-0.3, -0.25) is 13.9 Å². The van der Waals surface area contributed by atoms with Crippen LogP contribution in [0.2, 0.25) is 0 Å². The highest BCUT2D eigenvalue weighted by Crippen LogP contribution is 2.48. The monoisotopic (exact) mass is 669 g/mol.